The standard InChI is InChI=1S/C19H28N2O3/c1-4-19(5-2,10-11-22)13-20-18(24)15-6-8-16-14(12-15)7-9-17(23)21(16)3/h6,8,12,22H,4-5,7,9-11,13H2,1-3H3,(H,20,24). The van der Waals surface area contributed by atoms with Crippen LogP contribution in [0.2, 0.25) is 0 Å². The molecule has 0 saturated heterocycles. The predicted octanol–water partition coefficient (Wildman–Crippen LogP) is 2.51. The molecule has 0 aromatic heterocycles. The Morgan fingerprint density at radius 3 is 2.62 bits per heavy atom. The molecule has 5 heteroatoms. The van der Waals surface area contributed by atoms with Gasteiger partial charge < -0.3 is 15.3 Å². The van der Waals surface area contributed by atoms with Gasteiger partial charge in [-0.1, -0.05) is 13.8 Å². The minimum absolute atomic E-state index is 0.0503. The van der Waals surface area contributed by atoms with Gasteiger partial charge in [0.15, 0.2) is 0 Å². The van der Waals surface area contributed by atoms with Crippen LogP contribution in [0.1, 0.15) is 55.5 Å². The molecule has 0 bridgehead atoms. The fourth-order valence-electron chi connectivity index (χ4n) is 3.35. The summed E-state index contributed by atoms with van der Waals surface area (Å²) in [4.78, 5) is 25.9. The van der Waals surface area contributed by atoms with Crippen LogP contribution in [-0.4, -0.2) is 37.1 Å². The molecule has 0 radical (unpaired) electrons. The zero-order valence-electron chi connectivity index (χ0n) is 14.9. The van der Waals surface area contributed by atoms with Crippen molar-refractivity contribution in [3.05, 3.63) is 29.3 Å². The van der Waals surface area contributed by atoms with Crippen LogP contribution in [-0.2, 0) is 11.2 Å². The first kappa shape index (κ1) is 18.5. The van der Waals surface area contributed by atoms with Crippen molar-refractivity contribution in [2.45, 2.75) is 46.0 Å². The van der Waals surface area contributed by atoms with E-state index in [9.17, 15) is 14.7 Å². The van der Waals surface area contributed by atoms with Crippen molar-refractivity contribution < 1.29 is 14.7 Å². The fourth-order valence-corrected chi connectivity index (χ4v) is 3.35. The molecule has 1 aliphatic rings. The number of aryl methyl sites for hydroxylation is 1. The van der Waals surface area contributed by atoms with E-state index in [-0.39, 0.29) is 23.8 Å². The van der Waals surface area contributed by atoms with Crippen LogP contribution in [0.15, 0.2) is 18.2 Å². The van der Waals surface area contributed by atoms with E-state index < -0.39 is 0 Å². The fraction of sp³-hybridized carbons (Fsp3) is 0.579. The van der Waals surface area contributed by atoms with Crippen molar-refractivity contribution in [2.24, 2.45) is 5.41 Å². The molecule has 0 spiro atoms. The van der Waals surface area contributed by atoms with Gasteiger partial charge in [-0.05, 0) is 54.9 Å². The average molecular weight is 332 g/mol. The van der Waals surface area contributed by atoms with Crippen molar-refractivity contribution in [1.82, 2.24) is 5.32 Å². The highest BCUT2D eigenvalue weighted by molar-refractivity contribution is 5.98. The van der Waals surface area contributed by atoms with Gasteiger partial charge in [0.05, 0.1) is 0 Å². The van der Waals surface area contributed by atoms with Crippen LogP contribution in [0.25, 0.3) is 0 Å². The average Bonchev–Trinajstić information content (AvgIpc) is 2.61. The molecule has 0 fully saturated rings. The van der Waals surface area contributed by atoms with Gasteiger partial charge in [-0.15, -0.1) is 0 Å². The third kappa shape index (κ3) is 3.78. The molecule has 2 rings (SSSR count). The highest BCUT2D eigenvalue weighted by atomic mass is 16.3. The van der Waals surface area contributed by atoms with E-state index in [1.165, 1.54) is 0 Å². The number of fused-ring (bicyclic) bond motifs is 1. The zero-order chi connectivity index (χ0) is 17.7. The van der Waals surface area contributed by atoms with Crippen LogP contribution < -0.4 is 10.2 Å². The Balaban J connectivity index is 2.09. The maximum Gasteiger partial charge on any atom is 0.251 e. The summed E-state index contributed by atoms with van der Waals surface area (Å²) in [5.41, 5.74) is 2.50. The van der Waals surface area contributed by atoms with Gasteiger partial charge in [-0.2, -0.15) is 0 Å². The van der Waals surface area contributed by atoms with Crippen molar-refractivity contribution >= 4 is 17.5 Å². The Labute approximate surface area is 144 Å². The van der Waals surface area contributed by atoms with Crippen molar-refractivity contribution in [2.75, 3.05) is 25.1 Å². The van der Waals surface area contributed by atoms with E-state index in [0.29, 0.717) is 31.4 Å². The monoisotopic (exact) mass is 332 g/mol. The number of hydrogen-bond donors (Lipinski definition) is 2. The summed E-state index contributed by atoms with van der Waals surface area (Å²) in [6, 6.07) is 5.51. The van der Waals surface area contributed by atoms with Gasteiger partial charge in [-0.3, -0.25) is 9.59 Å². The molecule has 2 N–H and O–H groups in total. The third-order valence-electron chi connectivity index (χ3n) is 5.45. The number of benzene rings is 1. The van der Waals surface area contributed by atoms with Gasteiger partial charge >= 0.3 is 0 Å². The molecular formula is C19H28N2O3. The molecule has 24 heavy (non-hydrogen) atoms. The molecule has 0 unspecified atom stereocenters. The topological polar surface area (TPSA) is 69.6 Å². The second kappa shape index (κ2) is 7.79. The normalized spacial score (nSPS) is 14.5. The molecule has 1 aromatic carbocycles. The minimum atomic E-state index is -0.0958. The zero-order valence-corrected chi connectivity index (χ0v) is 14.9. The van der Waals surface area contributed by atoms with Crippen LogP contribution in [0.4, 0.5) is 5.69 Å². The number of aliphatic hydroxyl groups excluding tert-OH is 1. The maximum atomic E-state index is 12.5. The first-order chi connectivity index (χ1) is 11.5. The first-order valence-electron chi connectivity index (χ1n) is 8.75. The molecule has 1 heterocycles. The van der Waals surface area contributed by atoms with Gasteiger partial charge in [0.2, 0.25) is 5.91 Å². The Hall–Kier alpha value is -1.88. The molecule has 0 atom stereocenters. The number of aliphatic hydroxyl groups is 1. The molecule has 0 aliphatic carbocycles. The van der Waals surface area contributed by atoms with Crippen LogP contribution in [0.5, 0.6) is 0 Å². The Kier molecular flexibility index (Phi) is 5.99. The lowest BCUT2D eigenvalue weighted by molar-refractivity contribution is -0.118. The number of carbonyl (C=O) groups is 2. The first-order valence-corrected chi connectivity index (χ1v) is 8.75. The summed E-state index contributed by atoms with van der Waals surface area (Å²) in [5, 5.41) is 12.3. The van der Waals surface area contributed by atoms with E-state index in [1.54, 1.807) is 18.0 Å². The molecule has 1 aromatic rings. The SMILES string of the molecule is CCC(CC)(CCO)CNC(=O)c1ccc2c(c1)CCC(=O)N2C. The molecule has 132 valence electrons. The summed E-state index contributed by atoms with van der Waals surface area (Å²) in [7, 11) is 1.77. The van der Waals surface area contributed by atoms with E-state index in [1.807, 2.05) is 12.1 Å². The van der Waals surface area contributed by atoms with Crippen LogP contribution in [0.3, 0.4) is 0 Å². The molecule has 5 nitrogen and oxygen atoms in total. The second-order valence-corrected chi connectivity index (χ2v) is 6.66. The van der Waals surface area contributed by atoms with E-state index >= 15 is 0 Å². The minimum Gasteiger partial charge on any atom is -0.396 e. The summed E-state index contributed by atoms with van der Waals surface area (Å²) in [6.45, 7) is 4.89. The lowest BCUT2D eigenvalue weighted by Gasteiger charge is -2.31. The number of amides is 2. The number of carbonyl (C=O) groups excluding carboxylic acids is 2. The molecular weight excluding hydrogens is 304 g/mol. The maximum absolute atomic E-state index is 12.5. The highest BCUT2D eigenvalue weighted by Gasteiger charge is 2.27. The number of nitrogens with zero attached hydrogens (tertiary/aromatic N) is 1. The third-order valence-corrected chi connectivity index (χ3v) is 5.45. The summed E-state index contributed by atoms with van der Waals surface area (Å²) in [6.07, 6.45) is 3.69. The van der Waals surface area contributed by atoms with E-state index in [0.717, 1.165) is 24.1 Å². The summed E-state index contributed by atoms with van der Waals surface area (Å²) in [5.74, 6) is 0.0148. The predicted molar refractivity (Wildman–Crippen MR) is 95.2 cm³/mol. The number of nitrogens with one attached hydrogen (secondary N) is 1. The molecule has 0 saturated carbocycles. The number of rotatable bonds is 7. The molecule has 2 amide bonds. The van der Waals surface area contributed by atoms with Gasteiger partial charge in [0.1, 0.15) is 0 Å². The van der Waals surface area contributed by atoms with E-state index in [2.05, 4.69) is 19.2 Å². The van der Waals surface area contributed by atoms with Gasteiger partial charge in [-0.25, -0.2) is 0 Å². The van der Waals surface area contributed by atoms with Gasteiger partial charge in [0.25, 0.3) is 5.91 Å². The second-order valence-electron chi connectivity index (χ2n) is 6.66. The lowest BCUT2D eigenvalue weighted by Crippen LogP contribution is -2.38. The highest BCUT2D eigenvalue weighted by Crippen LogP contribution is 2.30. The Morgan fingerprint density at radius 1 is 1.29 bits per heavy atom. The Bertz CT molecular complexity index is 609. The quantitative estimate of drug-likeness (QED) is 0.806. The number of anilines is 1. The summed E-state index contributed by atoms with van der Waals surface area (Å²) >= 11 is 0. The van der Waals surface area contributed by atoms with Crippen LogP contribution >= 0.6 is 0 Å². The van der Waals surface area contributed by atoms with Gasteiger partial charge in [0, 0.05) is 37.9 Å². The largest absolute Gasteiger partial charge is 0.396 e. The van der Waals surface area contributed by atoms with Crippen molar-refractivity contribution in [3.63, 3.8) is 0 Å². The van der Waals surface area contributed by atoms with E-state index in [4.69, 9.17) is 0 Å². The lowest BCUT2D eigenvalue weighted by atomic mass is 9.79. The Morgan fingerprint density at radius 2 is 2.00 bits per heavy atom. The summed E-state index contributed by atoms with van der Waals surface area (Å²) < 4.78 is 0. The smallest absolute Gasteiger partial charge is 0.251 e. The van der Waals surface area contributed by atoms with Crippen molar-refractivity contribution in [3.8, 4) is 0 Å². The van der Waals surface area contributed by atoms with Crippen molar-refractivity contribution in [1.29, 1.82) is 0 Å². The van der Waals surface area contributed by atoms with Crippen LogP contribution in [0, 0.1) is 5.41 Å². The number of hydrogen-bond acceptors (Lipinski definition) is 3. The molecule has 1 aliphatic heterocycles.